The number of carbonyl (C=O) groups is 2. The lowest BCUT2D eigenvalue weighted by atomic mass is 10.5. The number of amides is 3. The van der Waals surface area contributed by atoms with E-state index in [9.17, 15) is 9.59 Å². The van der Waals surface area contributed by atoms with Gasteiger partial charge in [-0.1, -0.05) is 22.6 Å². The summed E-state index contributed by atoms with van der Waals surface area (Å²) in [6.45, 7) is 0. The Kier molecular flexibility index (Phi) is 5.27. The monoisotopic (exact) mass is 256 g/mol. The first-order valence-corrected chi connectivity index (χ1v) is 4.30. The number of hydrogen-bond donors (Lipinski definition) is 2. The van der Waals surface area contributed by atoms with Crippen LogP contribution >= 0.6 is 22.6 Å². The van der Waals surface area contributed by atoms with Crippen molar-refractivity contribution in [3.05, 3.63) is 0 Å². The molecule has 5 heteroatoms. The quantitative estimate of drug-likeness (QED) is 0.550. The van der Waals surface area contributed by atoms with Crippen LogP contribution in [0.5, 0.6) is 0 Å². The summed E-state index contributed by atoms with van der Waals surface area (Å²) in [5, 5.41) is 4.42. The van der Waals surface area contributed by atoms with Crippen LogP contribution in [0.25, 0.3) is 0 Å². The highest BCUT2D eigenvalue weighted by atomic mass is 127. The summed E-state index contributed by atoms with van der Waals surface area (Å²) in [5.74, 6) is -0.242. The van der Waals surface area contributed by atoms with Crippen molar-refractivity contribution in [3.63, 3.8) is 0 Å². The Balaban J connectivity index is 3.47. The Hall–Kier alpha value is -0.330. The van der Waals surface area contributed by atoms with Gasteiger partial charge in [-0.25, -0.2) is 4.79 Å². The van der Waals surface area contributed by atoms with Crippen molar-refractivity contribution in [3.8, 4) is 0 Å². The molecule has 0 aromatic carbocycles. The van der Waals surface area contributed by atoms with Gasteiger partial charge in [-0.2, -0.15) is 0 Å². The van der Waals surface area contributed by atoms with Crippen LogP contribution in [0.15, 0.2) is 0 Å². The molecule has 4 nitrogen and oxygen atoms in total. The van der Waals surface area contributed by atoms with Gasteiger partial charge in [0.2, 0.25) is 5.91 Å². The molecule has 0 unspecified atom stereocenters. The third-order valence-electron chi connectivity index (χ3n) is 0.802. The highest BCUT2D eigenvalue weighted by Crippen LogP contribution is 1.86. The molecule has 58 valence electrons. The topological polar surface area (TPSA) is 58.2 Å². The second-order valence-corrected chi connectivity index (χ2v) is 2.65. The summed E-state index contributed by atoms with van der Waals surface area (Å²) in [6, 6.07) is -0.449. The molecule has 0 rings (SSSR count). The Labute approximate surface area is 72.9 Å². The molecule has 0 heterocycles. The maximum Gasteiger partial charge on any atom is 0.321 e. The molecule has 0 spiro atoms. The van der Waals surface area contributed by atoms with E-state index < -0.39 is 6.03 Å². The van der Waals surface area contributed by atoms with E-state index in [0.717, 1.165) is 4.43 Å². The van der Waals surface area contributed by atoms with Crippen LogP contribution in [0, 0.1) is 0 Å². The van der Waals surface area contributed by atoms with Crippen LogP contribution in [0.3, 0.4) is 0 Å². The maximum absolute atomic E-state index is 10.6. The number of hydrogen-bond acceptors (Lipinski definition) is 2. The molecule has 0 fully saturated rings. The van der Waals surface area contributed by atoms with Crippen molar-refractivity contribution < 1.29 is 9.59 Å². The van der Waals surface area contributed by atoms with Gasteiger partial charge in [0.25, 0.3) is 0 Å². The molecule has 0 aliphatic carbocycles. The number of rotatable bonds is 2. The van der Waals surface area contributed by atoms with Crippen molar-refractivity contribution in [2.75, 3.05) is 11.5 Å². The van der Waals surface area contributed by atoms with Gasteiger partial charge in [0.1, 0.15) is 0 Å². The van der Waals surface area contributed by atoms with Crippen molar-refractivity contribution in [1.82, 2.24) is 10.6 Å². The van der Waals surface area contributed by atoms with E-state index in [1.165, 1.54) is 7.05 Å². The van der Waals surface area contributed by atoms with Gasteiger partial charge in [0, 0.05) is 17.9 Å². The maximum atomic E-state index is 10.6. The summed E-state index contributed by atoms with van der Waals surface area (Å²) >= 11 is 2.07. The van der Waals surface area contributed by atoms with Crippen LogP contribution < -0.4 is 10.6 Å². The van der Waals surface area contributed by atoms with Gasteiger partial charge in [-0.3, -0.25) is 10.1 Å². The number of halogens is 1. The van der Waals surface area contributed by atoms with Gasteiger partial charge in [0.15, 0.2) is 0 Å². The van der Waals surface area contributed by atoms with Crippen molar-refractivity contribution in [2.24, 2.45) is 0 Å². The molecule has 2 N–H and O–H groups in total. The molecule has 0 radical (unpaired) electrons. The molecule has 10 heavy (non-hydrogen) atoms. The fraction of sp³-hybridized carbons (Fsp3) is 0.600. The summed E-state index contributed by atoms with van der Waals surface area (Å²) in [7, 11) is 1.46. The Bertz CT molecular complexity index is 138. The molecule has 3 amide bonds. The average molecular weight is 256 g/mol. The number of nitrogens with one attached hydrogen (secondary N) is 2. The van der Waals surface area contributed by atoms with Crippen LogP contribution in [-0.4, -0.2) is 23.4 Å². The second-order valence-electron chi connectivity index (χ2n) is 1.57. The third kappa shape index (κ3) is 4.54. The van der Waals surface area contributed by atoms with Crippen molar-refractivity contribution in [2.45, 2.75) is 6.42 Å². The van der Waals surface area contributed by atoms with Crippen LogP contribution in [-0.2, 0) is 4.79 Å². The van der Waals surface area contributed by atoms with Gasteiger partial charge in [-0.15, -0.1) is 0 Å². The van der Waals surface area contributed by atoms with E-state index in [1.807, 2.05) is 0 Å². The Morgan fingerprint density at radius 3 is 2.50 bits per heavy atom. The van der Waals surface area contributed by atoms with E-state index in [0.29, 0.717) is 6.42 Å². The van der Waals surface area contributed by atoms with Gasteiger partial charge in [-0.05, 0) is 0 Å². The molecular formula is C5H9IN2O2. The first-order chi connectivity index (χ1) is 4.70. The summed E-state index contributed by atoms with van der Waals surface area (Å²) in [5.41, 5.74) is 0. The summed E-state index contributed by atoms with van der Waals surface area (Å²) in [6.07, 6.45) is 0.383. The normalized spacial score (nSPS) is 8.60. The van der Waals surface area contributed by atoms with Gasteiger partial charge in [0.05, 0.1) is 0 Å². The standard InChI is InChI=1S/C5H9IN2O2/c1-7-5(10)8-4(9)2-3-6/h2-3H2,1H3,(H2,7,8,9,10). The molecule has 0 aromatic heterocycles. The highest BCUT2D eigenvalue weighted by molar-refractivity contribution is 14.1. The van der Waals surface area contributed by atoms with E-state index >= 15 is 0 Å². The summed E-state index contributed by atoms with van der Waals surface area (Å²) < 4.78 is 0.723. The fourth-order valence-corrected chi connectivity index (χ4v) is 0.827. The van der Waals surface area contributed by atoms with E-state index in [1.54, 1.807) is 0 Å². The summed E-state index contributed by atoms with van der Waals surface area (Å²) in [4.78, 5) is 21.1. The zero-order valence-corrected chi connectivity index (χ0v) is 7.77. The molecule has 0 atom stereocenters. The van der Waals surface area contributed by atoms with Crippen LogP contribution in [0.4, 0.5) is 4.79 Å². The van der Waals surface area contributed by atoms with Crippen molar-refractivity contribution in [1.29, 1.82) is 0 Å². The zero-order chi connectivity index (χ0) is 7.98. The SMILES string of the molecule is CNC(=O)NC(=O)CCI. The minimum Gasteiger partial charge on any atom is -0.341 e. The first-order valence-electron chi connectivity index (χ1n) is 2.78. The minimum absolute atomic E-state index is 0.242. The predicted molar refractivity (Wildman–Crippen MR) is 46.1 cm³/mol. The third-order valence-corrected chi connectivity index (χ3v) is 1.34. The molecular weight excluding hydrogens is 247 g/mol. The second kappa shape index (κ2) is 5.45. The van der Waals surface area contributed by atoms with E-state index in [2.05, 4.69) is 33.2 Å². The van der Waals surface area contributed by atoms with Crippen LogP contribution in [0.2, 0.25) is 0 Å². The van der Waals surface area contributed by atoms with E-state index in [4.69, 9.17) is 0 Å². The number of carbonyl (C=O) groups excluding carboxylic acids is 2. The molecule has 0 aliphatic heterocycles. The van der Waals surface area contributed by atoms with Crippen molar-refractivity contribution >= 4 is 34.5 Å². The molecule has 0 aromatic rings. The molecule has 0 aliphatic rings. The Morgan fingerprint density at radius 1 is 1.50 bits per heavy atom. The van der Waals surface area contributed by atoms with Gasteiger partial charge < -0.3 is 5.32 Å². The van der Waals surface area contributed by atoms with Gasteiger partial charge >= 0.3 is 6.03 Å². The predicted octanol–water partition coefficient (Wildman–Crippen LogP) is 0.267. The molecule has 0 bridgehead atoms. The first kappa shape index (κ1) is 9.67. The van der Waals surface area contributed by atoms with E-state index in [-0.39, 0.29) is 5.91 Å². The average Bonchev–Trinajstić information content (AvgIpc) is 1.88. The smallest absolute Gasteiger partial charge is 0.321 e. The zero-order valence-electron chi connectivity index (χ0n) is 5.61. The molecule has 0 saturated heterocycles. The highest BCUT2D eigenvalue weighted by Gasteiger charge is 2.02. The number of alkyl halides is 1. The Morgan fingerprint density at radius 2 is 2.10 bits per heavy atom. The number of urea groups is 1. The molecule has 0 saturated carbocycles. The largest absolute Gasteiger partial charge is 0.341 e. The lowest BCUT2D eigenvalue weighted by molar-refractivity contribution is -0.119. The minimum atomic E-state index is -0.449. The number of imide groups is 1. The lowest BCUT2D eigenvalue weighted by Gasteiger charge is -1.99. The van der Waals surface area contributed by atoms with Crippen LogP contribution in [0.1, 0.15) is 6.42 Å². The fourth-order valence-electron chi connectivity index (χ4n) is 0.337. The lowest BCUT2D eigenvalue weighted by Crippen LogP contribution is -2.37.